The van der Waals surface area contributed by atoms with Gasteiger partial charge in [-0.25, -0.2) is 0 Å². The van der Waals surface area contributed by atoms with E-state index in [4.69, 9.17) is 0 Å². The number of hydrogen-bond acceptors (Lipinski definition) is 3. The second kappa shape index (κ2) is 7.45. The number of nitrogens with one attached hydrogen (secondary N) is 2. The lowest BCUT2D eigenvalue weighted by atomic mass is 10.00. The molecule has 4 rings (SSSR count). The van der Waals surface area contributed by atoms with Gasteiger partial charge in [0.1, 0.15) is 6.04 Å². The largest absolute Gasteiger partial charge is 0.353 e. The molecular formula is C21H20N4O2. The number of H-pyrrole nitrogens is 1. The van der Waals surface area contributed by atoms with Crippen molar-refractivity contribution in [2.24, 2.45) is 0 Å². The predicted octanol–water partition coefficient (Wildman–Crippen LogP) is 2.26. The molecule has 6 heteroatoms. The van der Waals surface area contributed by atoms with Crippen LogP contribution in [0.3, 0.4) is 0 Å². The Morgan fingerprint density at radius 1 is 1.11 bits per heavy atom. The third-order valence-electron chi connectivity index (χ3n) is 4.80. The van der Waals surface area contributed by atoms with Crippen LogP contribution in [-0.4, -0.2) is 46.0 Å². The molecule has 6 nitrogen and oxygen atoms in total. The number of piperazine rings is 1. The van der Waals surface area contributed by atoms with E-state index in [1.165, 1.54) is 0 Å². The number of carbonyl (C=O) groups is 2. The van der Waals surface area contributed by atoms with Crippen LogP contribution >= 0.6 is 0 Å². The number of rotatable bonds is 4. The summed E-state index contributed by atoms with van der Waals surface area (Å²) in [6, 6.07) is 16.7. The van der Waals surface area contributed by atoms with Gasteiger partial charge in [-0.3, -0.25) is 14.7 Å². The van der Waals surface area contributed by atoms with Gasteiger partial charge in [0, 0.05) is 36.8 Å². The fourth-order valence-corrected chi connectivity index (χ4v) is 3.40. The standard InChI is InChI=1S/C21H20N4O2/c26-20-19(11-15-5-2-1-3-6-15)25(10-9-22-20)21(27)17-8-4-7-16(12-17)18-13-23-24-14-18/h1-8,12-14,19H,9-11H2,(H,22,26)(H,23,24)/t19-/m1/s1. The van der Waals surface area contributed by atoms with Gasteiger partial charge < -0.3 is 10.2 Å². The highest BCUT2D eigenvalue weighted by atomic mass is 16.2. The molecule has 2 heterocycles. The molecular weight excluding hydrogens is 340 g/mol. The summed E-state index contributed by atoms with van der Waals surface area (Å²) >= 11 is 0. The van der Waals surface area contributed by atoms with E-state index in [0.717, 1.165) is 16.7 Å². The van der Waals surface area contributed by atoms with Gasteiger partial charge in [-0.05, 0) is 23.3 Å². The molecule has 2 aromatic carbocycles. The normalized spacial score (nSPS) is 16.8. The molecule has 0 saturated carbocycles. The lowest BCUT2D eigenvalue weighted by Crippen LogP contribution is -2.58. The predicted molar refractivity (Wildman–Crippen MR) is 102 cm³/mol. The lowest BCUT2D eigenvalue weighted by Gasteiger charge is -2.35. The Morgan fingerprint density at radius 3 is 2.74 bits per heavy atom. The Labute approximate surface area is 157 Å². The molecule has 1 fully saturated rings. The van der Waals surface area contributed by atoms with Crippen LogP contribution < -0.4 is 5.32 Å². The van der Waals surface area contributed by atoms with Crippen LogP contribution in [0.2, 0.25) is 0 Å². The summed E-state index contributed by atoms with van der Waals surface area (Å²) in [6.45, 7) is 0.968. The van der Waals surface area contributed by atoms with E-state index >= 15 is 0 Å². The first kappa shape index (κ1) is 17.0. The van der Waals surface area contributed by atoms with Crippen molar-refractivity contribution in [2.75, 3.05) is 13.1 Å². The molecule has 0 bridgehead atoms. The van der Waals surface area contributed by atoms with Crippen molar-refractivity contribution < 1.29 is 9.59 Å². The third kappa shape index (κ3) is 3.60. The minimum atomic E-state index is -0.508. The molecule has 0 spiro atoms. The van der Waals surface area contributed by atoms with Crippen LogP contribution in [0.1, 0.15) is 15.9 Å². The van der Waals surface area contributed by atoms with E-state index in [0.29, 0.717) is 25.1 Å². The van der Waals surface area contributed by atoms with Crippen molar-refractivity contribution >= 4 is 11.8 Å². The Kier molecular flexibility index (Phi) is 4.70. The highest BCUT2D eigenvalue weighted by Gasteiger charge is 2.33. The number of amides is 2. The molecule has 1 saturated heterocycles. The zero-order chi connectivity index (χ0) is 18.6. The molecule has 27 heavy (non-hydrogen) atoms. The van der Waals surface area contributed by atoms with Crippen LogP contribution in [0.5, 0.6) is 0 Å². The molecule has 136 valence electrons. The SMILES string of the molecule is O=C1NCCN(C(=O)c2cccc(-c3cn[nH]c3)c2)[C@@H]1Cc1ccccc1. The Balaban J connectivity index is 1.61. The van der Waals surface area contributed by atoms with Gasteiger partial charge in [0.25, 0.3) is 5.91 Å². The van der Waals surface area contributed by atoms with Crippen LogP contribution in [0.15, 0.2) is 67.0 Å². The van der Waals surface area contributed by atoms with E-state index in [9.17, 15) is 9.59 Å². The average molecular weight is 360 g/mol. The van der Waals surface area contributed by atoms with E-state index < -0.39 is 6.04 Å². The van der Waals surface area contributed by atoms with Gasteiger partial charge in [0.2, 0.25) is 5.91 Å². The van der Waals surface area contributed by atoms with Crippen molar-refractivity contribution in [3.05, 3.63) is 78.1 Å². The number of benzene rings is 2. The molecule has 0 unspecified atom stereocenters. The second-order valence-electron chi connectivity index (χ2n) is 6.56. The van der Waals surface area contributed by atoms with Crippen molar-refractivity contribution in [1.82, 2.24) is 20.4 Å². The zero-order valence-electron chi connectivity index (χ0n) is 14.8. The Bertz CT molecular complexity index is 938. The fraction of sp³-hybridized carbons (Fsp3) is 0.190. The summed E-state index contributed by atoms with van der Waals surface area (Å²) in [6.07, 6.45) is 4.01. The van der Waals surface area contributed by atoms with Gasteiger partial charge in [0.05, 0.1) is 6.20 Å². The van der Waals surface area contributed by atoms with Crippen molar-refractivity contribution in [3.8, 4) is 11.1 Å². The highest BCUT2D eigenvalue weighted by Crippen LogP contribution is 2.21. The summed E-state index contributed by atoms with van der Waals surface area (Å²) < 4.78 is 0. The average Bonchev–Trinajstić information content (AvgIpc) is 3.25. The Morgan fingerprint density at radius 2 is 1.96 bits per heavy atom. The maximum absolute atomic E-state index is 13.2. The third-order valence-corrected chi connectivity index (χ3v) is 4.80. The quantitative estimate of drug-likeness (QED) is 0.749. The number of nitrogens with zero attached hydrogens (tertiary/aromatic N) is 2. The van der Waals surface area contributed by atoms with E-state index in [2.05, 4.69) is 15.5 Å². The molecule has 3 aromatic rings. The summed E-state index contributed by atoms with van der Waals surface area (Å²) in [4.78, 5) is 27.4. The van der Waals surface area contributed by atoms with E-state index in [1.807, 2.05) is 48.5 Å². The molecule has 2 N–H and O–H groups in total. The van der Waals surface area contributed by atoms with Gasteiger partial charge >= 0.3 is 0 Å². The van der Waals surface area contributed by atoms with Crippen LogP contribution in [0.25, 0.3) is 11.1 Å². The number of hydrogen-bond donors (Lipinski definition) is 2. The minimum Gasteiger partial charge on any atom is -0.353 e. The molecule has 1 aliphatic rings. The molecule has 1 aromatic heterocycles. The highest BCUT2D eigenvalue weighted by molar-refractivity contribution is 5.99. The summed E-state index contributed by atoms with van der Waals surface area (Å²) in [5.41, 5.74) is 3.43. The maximum atomic E-state index is 13.2. The topological polar surface area (TPSA) is 78.1 Å². The van der Waals surface area contributed by atoms with Gasteiger partial charge in [-0.2, -0.15) is 5.10 Å². The number of aromatic amines is 1. The van der Waals surface area contributed by atoms with Crippen LogP contribution in [-0.2, 0) is 11.2 Å². The molecule has 2 amide bonds. The maximum Gasteiger partial charge on any atom is 0.254 e. The summed E-state index contributed by atoms with van der Waals surface area (Å²) in [5.74, 6) is -0.236. The van der Waals surface area contributed by atoms with E-state index in [1.54, 1.807) is 23.4 Å². The lowest BCUT2D eigenvalue weighted by molar-refractivity contribution is -0.127. The van der Waals surface area contributed by atoms with Crippen molar-refractivity contribution in [3.63, 3.8) is 0 Å². The minimum absolute atomic E-state index is 0.107. The summed E-state index contributed by atoms with van der Waals surface area (Å²) in [7, 11) is 0. The van der Waals surface area contributed by atoms with Crippen molar-refractivity contribution in [1.29, 1.82) is 0 Å². The van der Waals surface area contributed by atoms with E-state index in [-0.39, 0.29) is 11.8 Å². The monoisotopic (exact) mass is 360 g/mol. The first-order chi connectivity index (χ1) is 13.2. The second-order valence-corrected chi connectivity index (χ2v) is 6.56. The Hall–Kier alpha value is -3.41. The molecule has 0 aliphatic carbocycles. The number of aromatic nitrogens is 2. The summed E-state index contributed by atoms with van der Waals surface area (Å²) in [5, 5.41) is 9.62. The van der Waals surface area contributed by atoms with Gasteiger partial charge in [0.15, 0.2) is 0 Å². The zero-order valence-corrected chi connectivity index (χ0v) is 14.8. The first-order valence-electron chi connectivity index (χ1n) is 8.94. The molecule has 0 radical (unpaired) electrons. The fourth-order valence-electron chi connectivity index (χ4n) is 3.40. The van der Waals surface area contributed by atoms with Gasteiger partial charge in [-0.15, -0.1) is 0 Å². The molecule has 1 atom stereocenters. The van der Waals surface area contributed by atoms with Crippen LogP contribution in [0.4, 0.5) is 0 Å². The smallest absolute Gasteiger partial charge is 0.254 e. The van der Waals surface area contributed by atoms with Crippen molar-refractivity contribution in [2.45, 2.75) is 12.5 Å². The first-order valence-corrected chi connectivity index (χ1v) is 8.94. The number of carbonyl (C=O) groups excluding carboxylic acids is 2. The van der Waals surface area contributed by atoms with Crippen LogP contribution in [0, 0.1) is 0 Å². The van der Waals surface area contributed by atoms with Gasteiger partial charge in [-0.1, -0.05) is 42.5 Å². The molecule has 1 aliphatic heterocycles.